The zero-order valence-corrected chi connectivity index (χ0v) is 10.9. The molecule has 2 aromatic heterocycles. The van der Waals surface area contributed by atoms with Crippen LogP contribution in [-0.4, -0.2) is 25.0 Å². The fourth-order valence-corrected chi connectivity index (χ4v) is 1.77. The maximum atomic E-state index is 9.76. The van der Waals surface area contributed by atoms with Gasteiger partial charge in [0.2, 0.25) is 3.79 Å². The average molecular weight is 292 g/mol. The van der Waals surface area contributed by atoms with Crippen molar-refractivity contribution in [1.82, 2.24) is 9.97 Å². The van der Waals surface area contributed by atoms with E-state index in [-0.39, 0.29) is 6.42 Å². The second-order valence-electron chi connectivity index (χ2n) is 3.61. The van der Waals surface area contributed by atoms with Crippen LogP contribution in [0.2, 0.25) is 0 Å². The van der Waals surface area contributed by atoms with Crippen LogP contribution in [0.15, 0.2) is 30.6 Å². The Morgan fingerprint density at radius 2 is 1.88 bits per heavy atom. The molecular weight excluding hydrogens is 282 g/mol. The van der Waals surface area contributed by atoms with E-state index in [1.807, 2.05) is 6.07 Å². The molecule has 17 heavy (non-hydrogen) atoms. The summed E-state index contributed by atoms with van der Waals surface area (Å²) in [7, 11) is 0. The number of fused-ring (bicyclic) bond motifs is 1. The van der Waals surface area contributed by atoms with Gasteiger partial charge >= 0.3 is 0 Å². The molecule has 0 saturated heterocycles. The van der Waals surface area contributed by atoms with Crippen molar-refractivity contribution in [2.45, 2.75) is 16.3 Å². The van der Waals surface area contributed by atoms with Crippen molar-refractivity contribution in [3.05, 3.63) is 36.2 Å². The van der Waals surface area contributed by atoms with Crippen LogP contribution >= 0.6 is 34.8 Å². The third-order valence-electron chi connectivity index (χ3n) is 2.40. The molecule has 0 aliphatic rings. The van der Waals surface area contributed by atoms with Crippen molar-refractivity contribution in [1.29, 1.82) is 0 Å². The minimum Gasteiger partial charge on any atom is -0.388 e. The second-order valence-corrected chi connectivity index (χ2v) is 5.98. The number of hydrogen-bond acceptors (Lipinski definition) is 3. The van der Waals surface area contributed by atoms with E-state index in [1.165, 1.54) is 0 Å². The lowest BCUT2D eigenvalue weighted by molar-refractivity contribution is 0.179. The van der Waals surface area contributed by atoms with Gasteiger partial charge in [0, 0.05) is 24.2 Å². The zero-order valence-electron chi connectivity index (χ0n) is 8.65. The summed E-state index contributed by atoms with van der Waals surface area (Å²) in [5, 5.41) is 10.6. The van der Waals surface area contributed by atoms with E-state index >= 15 is 0 Å². The van der Waals surface area contributed by atoms with E-state index in [2.05, 4.69) is 9.97 Å². The summed E-state index contributed by atoms with van der Waals surface area (Å²) in [5.74, 6) is 0. The molecule has 2 heterocycles. The molecule has 0 fully saturated rings. The summed E-state index contributed by atoms with van der Waals surface area (Å²) in [6.45, 7) is 0. The summed E-state index contributed by atoms with van der Waals surface area (Å²) in [6, 6.07) is 5.45. The molecule has 0 aliphatic heterocycles. The SMILES string of the molecule is OC(Cc1ccnc2ncccc12)C(Cl)(Cl)Cl. The number of alkyl halides is 3. The number of pyridine rings is 2. The smallest absolute Gasteiger partial charge is 0.216 e. The molecule has 1 atom stereocenters. The van der Waals surface area contributed by atoms with E-state index in [0.29, 0.717) is 5.65 Å². The van der Waals surface area contributed by atoms with Crippen molar-refractivity contribution < 1.29 is 5.11 Å². The highest BCUT2D eigenvalue weighted by Crippen LogP contribution is 2.32. The molecule has 3 nitrogen and oxygen atoms in total. The Balaban J connectivity index is 2.36. The number of aliphatic hydroxyl groups excluding tert-OH is 1. The number of rotatable bonds is 2. The van der Waals surface area contributed by atoms with Gasteiger partial charge in [0.1, 0.15) is 6.10 Å². The van der Waals surface area contributed by atoms with Gasteiger partial charge in [-0.05, 0) is 23.8 Å². The standard InChI is InChI=1S/C11H9Cl3N2O/c12-11(13,14)9(17)6-7-3-5-16-10-8(7)2-1-4-15-10/h1-5,9,17H,6H2. The van der Waals surface area contributed by atoms with Gasteiger partial charge in [-0.1, -0.05) is 34.8 Å². The first-order valence-corrected chi connectivity index (χ1v) is 6.05. The fraction of sp³-hybridized carbons (Fsp3) is 0.273. The van der Waals surface area contributed by atoms with Crippen LogP contribution in [0, 0.1) is 0 Å². The molecule has 90 valence electrons. The van der Waals surface area contributed by atoms with Gasteiger partial charge < -0.3 is 5.11 Å². The maximum Gasteiger partial charge on any atom is 0.216 e. The molecule has 0 aliphatic carbocycles. The van der Waals surface area contributed by atoms with Gasteiger partial charge in [0.25, 0.3) is 0 Å². The van der Waals surface area contributed by atoms with E-state index in [4.69, 9.17) is 34.8 Å². The van der Waals surface area contributed by atoms with E-state index < -0.39 is 9.90 Å². The summed E-state index contributed by atoms with van der Waals surface area (Å²) in [5.41, 5.74) is 1.46. The van der Waals surface area contributed by atoms with Crippen LogP contribution in [0.3, 0.4) is 0 Å². The number of nitrogens with zero attached hydrogens (tertiary/aromatic N) is 2. The molecule has 0 amide bonds. The normalized spacial score (nSPS) is 13.9. The van der Waals surface area contributed by atoms with Gasteiger partial charge in [0.15, 0.2) is 5.65 Å². The Labute approximate surface area is 113 Å². The second kappa shape index (κ2) is 4.94. The quantitative estimate of drug-likeness (QED) is 0.865. The monoisotopic (exact) mass is 290 g/mol. The summed E-state index contributed by atoms with van der Waals surface area (Å²) < 4.78 is -1.70. The zero-order chi connectivity index (χ0) is 12.5. The van der Waals surface area contributed by atoms with E-state index in [0.717, 1.165) is 10.9 Å². The van der Waals surface area contributed by atoms with Crippen molar-refractivity contribution in [2.24, 2.45) is 0 Å². The summed E-state index contributed by atoms with van der Waals surface area (Å²) >= 11 is 16.9. The Morgan fingerprint density at radius 1 is 1.18 bits per heavy atom. The molecule has 1 unspecified atom stereocenters. The first kappa shape index (κ1) is 12.8. The van der Waals surface area contributed by atoms with Gasteiger partial charge in [-0.2, -0.15) is 0 Å². The third-order valence-corrected chi connectivity index (χ3v) is 3.15. The highest BCUT2D eigenvalue weighted by molar-refractivity contribution is 6.68. The first-order chi connectivity index (χ1) is 7.98. The topological polar surface area (TPSA) is 46.0 Å². The molecule has 0 spiro atoms. The Hall–Kier alpha value is -0.610. The van der Waals surface area contributed by atoms with Crippen LogP contribution < -0.4 is 0 Å². The van der Waals surface area contributed by atoms with Crippen LogP contribution in [0.5, 0.6) is 0 Å². The van der Waals surface area contributed by atoms with Crippen LogP contribution in [0.1, 0.15) is 5.56 Å². The largest absolute Gasteiger partial charge is 0.388 e. The first-order valence-electron chi connectivity index (χ1n) is 4.92. The fourth-order valence-electron chi connectivity index (χ4n) is 1.54. The van der Waals surface area contributed by atoms with E-state index in [9.17, 15) is 5.11 Å². The lowest BCUT2D eigenvalue weighted by atomic mass is 10.1. The molecule has 0 bridgehead atoms. The number of aromatic nitrogens is 2. The van der Waals surface area contributed by atoms with Crippen molar-refractivity contribution in [3.8, 4) is 0 Å². The molecule has 2 rings (SSSR count). The van der Waals surface area contributed by atoms with Crippen molar-refractivity contribution in [3.63, 3.8) is 0 Å². The molecule has 0 saturated carbocycles. The highest BCUT2D eigenvalue weighted by atomic mass is 35.6. The van der Waals surface area contributed by atoms with Crippen LogP contribution in [0.25, 0.3) is 11.0 Å². The molecule has 0 aromatic carbocycles. The third kappa shape index (κ3) is 2.99. The number of aliphatic hydroxyl groups is 1. The van der Waals surface area contributed by atoms with E-state index in [1.54, 1.807) is 24.5 Å². The van der Waals surface area contributed by atoms with Gasteiger partial charge in [-0.3, -0.25) is 0 Å². The lowest BCUT2D eigenvalue weighted by Gasteiger charge is -2.19. The van der Waals surface area contributed by atoms with Crippen molar-refractivity contribution >= 4 is 45.8 Å². The molecule has 6 heteroatoms. The lowest BCUT2D eigenvalue weighted by Crippen LogP contribution is -2.27. The Bertz CT molecular complexity index is 522. The number of halogens is 3. The Kier molecular flexibility index (Phi) is 3.73. The van der Waals surface area contributed by atoms with Crippen LogP contribution in [0.4, 0.5) is 0 Å². The van der Waals surface area contributed by atoms with Gasteiger partial charge in [-0.25, -0.2) is 9.97 Å². The minimum atomic E-state index is -1.70. The summed E-state index contributed by atoms with van der Waals surface area (Å²) in [4.78, 5) is 8.24. The molecule has 2 aromatic rings. The minimum absolute atomic E-state index is 0.237. The van der Waals surface area contributed by atoms with Crippen molar-refractivity contribution in [2.75, 3.05) is 0 Å². The van der Waals surface area contributed by atoms with Crippen LogP contribution in [-0.2, 0) is 6.42 Å². The number of hydrogen-bond donors (Lipinski definition) is 1. The maximum absolute atomic E-state index is 9.76. The summed E-state index contributed by atoms with van der Waals surface area (Å²) in [6.07, 6.45) is 2.44. The molecule has 0 radical (unpaired) electrons. The predicted octanol–water partition coefficient (Wildman–Crippen LogP) is 2.90. The van der Waals surface area contributed by atoms with Gasteiger partial charge in [0.05, 0.1) is 0 Å². The molecule has 1 N–H and O–H groups in total. The molecular formula is C11H9Cl3N2O. The average Bonchev–Trinajstić information content (AvgIpc) is 2.28. The van der Waals surface area contributed by atoms with Gasteiger partial charge in [-0.15, -0.1) is 0 Å². The predicted molar refractivity (Wildman–Crippen MR) is 69.5 cm³/mol. The highest BCUT2D eigenvalue weighted by Gasteiger charge is 2.31. The Morgan fingerprint density at radius 3 is 2.59 bits per heavy atom.